The molecule has 6 heterocycles. The number of aryl methyl sites for hydroxylation is 1. The van der Waals surface area contributed by atoms with Crippen LogP contribution in [0.15, 0.2) is 30.5 Å². The number of nitrogens with zero attached hydrogens (tertiary/aromatic N) is 5. The van der Waals surface area contributed by atoms with Gasteiger partial charge in [-0.15, -0.1) is 0 Å². The zero-order valence-electron chi connectivity index (χ0n) is 23.6. The van der Waals surface area contributed by atoms with E-state index in [-0.39, 0.29) is 34.4 Å². The fourth-order valence-electron chi connectivity index (χ4n) is 7.84. The number of halogens is 2. The van der Waals surface area contributed by atoms with Crippen LogP contribution in [0.4, 0.5) is 14.6 Å². The van der Waals surface area contributed by atoms with E-state index in [1.54, 1.807) is 18.3 Å². The van der Waals surface area contributed by atoms with E-state index in [9.17, 15) is 9.50 Å². The first-order valence-corrected chi connectivity index (χ1v) is 15.0. The third kappa shape index (κ3) is 3.89. The standard InChI is InChI=1S/C33H32F2N6O/c1-2-23-26(34)6-5-19-13-22(42)15-24(28(19)23)30-29(35)31-25(17-37-30)32(41-18-20-14-21(41)16-36-20)39-27(38-31)7-10-33-8-3-11-40(33)12-4-9-33/h5-6,13,15,17,20-21,36,42H,2-4,8-9,11-12,14,16,18H2,1H3/t20-,21-/m0/s1. The molecule has 2 bridgehead atoms. The zero-order valence-corrected chi connectivity index (χ0v) is 23.6. The van der Waals surface area contributed by atoms with E-state index in [4.69, 9.17) is 9.97 Å². The molecule has 4 fully saturated rings. The van der Waals surface area contributed by atoms with Crippen molar-refractivity contribution < 1.29 is 13.9 Å². The number of phenolic OH excluding ortho intramolecular Hbond substituents is 1. The monoisotopic (exact) mass is 566 g/mol. The van der Waals surface area contributed by atoms with Crippen LogP contribution in [0, 0.1) is 23.5 Å². The number of phenols is 1. The summed E-state index contributed by atoms with van der Waals surface area (Å²) < 4.78 is 31.6. The maximum Gasteiger partial charge on any atom is 0.207 e. The average molecular weight is 567 g/mol. The topological polar surface area (TPSA) is 77.4 Å². The predicted octanol–water partition coefficient (Wildman–Crippen LogP) is 4.92. The van der Waals surface area contributed by atoms with Crippen molar-refractivity contribution in [2.45, 2.75) is 63.1 Å². The summed E-state index contributed by atoms with van der Waals surface area (Å²) >= 11 is 0. The first-order valence-electron chi connectivity index (χ1n) is 15.0. The SMILES string of the molecule is CCc1c(F)ccc2cc(O)cc(-c3ncc4c(N5C[C@@H]6C[C@H]5CN6)nc(C#CC56CCCN5CCC6)nc4c3F)c12. The van der Waals surface area contributed by atoms with Gasteiger partial charge in [-0.25, -0.2) is 18.7 Å². The number of aromatic nitrogens is 3. The molecule has 7 nitrogen and oxygen atoms in total. The minimum atomic E-state index is -0.624. The van der Waals surface area contributed by atoms with Crippen molar-refractivity contribution in [1.29, 1.82) is 0 Å². The number of hydrogen-bond donors (Lipinski definition) is 2. The summed E-state index contributed by atoms with van der Waals surface area (Å²) in [7, 11) is 0. The van der Waals surface area contributed by atoms with Crippen molar-refractivity contribution in [3.05, 3.63) is 53.5 Å². The Balaban J connectivity index is 1.34. The molecule has 8 rings (SSSR count). The molecular formula is C33H32F2N6O. The van der Waals surface area contributed by atoms with Gasteiger partial charge in [-0.2, -0.15) is 0 Å². The van der Waals surface area contributed by atoms with Crippen molar-refractivity contribution >= 4 is 27.5 Å². The maximum absolute atomic E-state index is 16.7. The summed E-state index contributed by atoms with van der Waals surface area (Å²) in [5.74, 6) is 6.71. The number of nitrogens with one attached hydrogen (secondary N) is 1. The molecule has 0 unspecified atom stereocenters. The molecule has 0 amide bonds. The number of aromatic hydroxyl groups is 1. The largest absolute Gasteiger partial charge is 0.508 e. The van der Waals surface area contributed by atoms with Gasteiger partial charge in [-0.1, -0.05) is 18.9 Å². The molecular weight excluding hydrogens is 534 g/mol. The summed E-state index contributed by atoms with van der Waals surface area (Å²) in [5, 5.41) is 15.8. The molecule has 2 aromatic heterocycles. The van der Waals surface area contributed by atoms with Crippen LogP contribution in [0.25, 0.3) is 32.9 Å². The van der Waals surface area contributed by atoms with Crippen LogP contribution in [0.5, 0.6) is 5.75 Å². The Labute approximate surface area is 243 Å². The summed E-state index contributed by atoms with van der Waals surface area (Å²) in [6, 6.07) is 6.64. The molecule has 4 aliphatic rings. The van der Waals surface area contributed by atoms with Gasteiger partial charge in [-0.05, 0) is 92.1 Å². The lowest BCUT2D eigenvalue weighted by atomic mass is 9.94. The van der Waals surface area contributed by atoms with Gasteiger partial charge in [0.05, 0.1) is 10.9 Å². The van der Waals surface area contributed by atoms with Gasteiger partial charge in [0.15, 0.2) is 5.82 Å². The van der Waals surface area contributed by atoms with Crippen LogP contribution < -0.4 is 10.2 Å². The van der Waals surface area contributed by atoms with E-state index >= 15 is 4.39 Å². The Hall–Kier alpha value is -3.87. The van der Waals surface area contributed by atoms with Crippen molar-refractivity contribution in [2.24, 2.45) is 0 Å². The molecule has 0 aliphatic carbocycles. The third-order valence-electron chi connectivity index (χ3n) is 9.80. The third-order valence-corrected chi connectivity index (χ3v) is 9.80. The smallest absolute Gasteiger partial charge is 0.207 e. The van der Waals surface area contributed by atoms with E-state index in [0.717, 1.165) is 58.3 Å². The van der Waals surface area contributed by atoms with Gasteiger partial charge in [0.25, 0.3) is 0 Å². The van der Waals surface area contributed by atoms with E-state index in [1.807, 2.05) is 6.92 Å². The zero-order chi connectivity index (χ0) is 28.6. The van der Waals surface area contributed by atoms with Gasteiger partial charge in [0, 0.05) is 36.9 Å². The predicted molar refractivity (Wildman–Crippen MR) is 158 cm³/mol. The molecule has 4 saturated heterocycles. The van der Waals surface area contributed by atoms with Crippen LogP contribution in [0.2, 0.25) is 0 Å². The second kappa shape index (κ2) is 9.58. The second-order valence-electron chi connectivity index (χ2n) is 12.1. The van der Waals surface area contributed by atoms with E-state index in [1.165, 1.54) is 12.1 Å². The van der Waals surface area contributed by atoms with Crippen LogP contribution in [0.1, 0.15) is 50.4 Å². The lowest BCUT2D eigenvalue weighted by Crippen LogP contribution is -2.44. The molecule has 2 atom stereocenters. The highest BCUT2D eigenvalue weighted by Crippen LogP contribution is 2.41. The number of hydrogen-bond acceptors (Lipinski definition) is 7. The van der Waals surface area contributed by atoms with Crippen molar-refractivity contribution in [1.82, 2.24) is 25.2 Å². The fraction of sp³-hybridized carbons (Fsp3) is 0.424. The van der Waals surface area contributed by atoms with Gasteiger partial charge in [0.1, 0.15) is 28.6 Å². The number of rotatable bonds is 3. The number of piperazine rings is 1. The molecule has 4 aromatic rings. The maximum atomic E-state index is 16.7. The highest BCUT2D eigenvalue weighted by atomic mass is 19.1. The Morgan fingerprint density at radius 1 is 1.14 bits per heavy atom. The molecule has 0 saturated carbocycles. The Morgan fingerprint density at radius 3 is 2.71 bits per heavy atom. The van der Waals surface area contributed by atoms with Crippen LogP contribution in [0.3, 0.4) is 0 Å². The Morgan fingerprint density at radius 2 is 1.98 bits per heavy atom. The van der Waals surface area contributed by atoms with Crippen LogP contribution in [-0.4, -0.2) is 68.8 Å². The fourth-order valence-corrected chi connectivity index (χ4v) is 7.84. The van der Waals surface area contributed by atoms with E-state index in [0.29, 0.717) is 51.4 Å². The number of pyridine rings is 1. The summed E-state index contributed by atoms with van der Waals surface area (Å²) in [6.45, 7) is 5.61. The van der Waals surface area contributed by atoms with Crippen molar-refractivity contribution in [3.8, 4) is 28.8 Å². The highest BCUT2D eigenvalue weighted by Gasteiger charge is 2.43. The summed E-state index contributed by atoms with van der Waals surface area (Å²) in [4.78, 5) is 18.9. The lowest BCUT2D eigenvalue weighted by Gasteiger charge is -2.29. The summed E-state index contributed by atoms with van der Waals surface area (Å²) in [6.07, 6.45) is 7.37. The van der Waals surface area contributed by atoms with Crippen LogP contribution in [-0.2, 0) is 6.42 Å². The molecule has 214 valence electrons. The quantitative estimate of drug-likeness (QED) is 0.341. The van der Waals surface area contributed by atoms with Gasteiger partial charge in [0.2, 0.25) is 5.82 Å². The minimum absolute atomic E-state index is 0.0215. The van der Waals surface area contributed by atoms with Crippen LogP contribution >= 0.6 is 0 Å². The van der Waals surface area contributed by atoms with Gasteiger partial charge >= 0.3 is 0 Å². The molecule has 9 heteroatoms. The Bertz CT molecular complexity index is 1820. The molecule has 42 heavy (non-hydrogen) atoms. The highest BCUT2D eigenvalue weighted by molar-refractivity contribution is 6.01. The molecule has 2 aromatic carbocycles. The molecule has 0 spiro atoms. The van der Waals surface area contributed by atoms with Crippen molar-refractivity contribution in [3.63, 3.8) is 0 Å². The lowest BCUT2D eigenvalue weighted by molar-refractivity contribution is 0.261. The Kier molecular flexibility index (Phi) is 5.89. The molecule has 2 N–H and O–H groups in total. The number of anilines is 1. The van der Waals surface area contributed by atoms with Gasteiger partial charge < -0.3 is 15.3 Å². The molecule has 0 radical (unpaired) electrons. The van der Waals surface area contributed by atoms with Gasteiger partial charge in [-0.3, -0.25) is 9.88 Å². The first-order chi connectivity index (χ1) is 20.4. The van der Waals surface area contributed by atoms with E-state index in [2.05, 4.69) is 31.9 Å². The second-order valence-corrected chi connectivity index (χ2v) is 12.1. The summed E-state index contributed by atoms with van der Waals surface area (Å²) in [5.41, 5.74) is 0.815. The molecule has 4 aliphatic heterocycles. The minimum Gasteiger partial charge on any atom is -0.508 e. The normalized spacial score (nSPS) is 22.7. The number of fused-ring (bicyclic) bond motifs is 5. The number of benzene rings is 2. The van der Waals surface area contributed by atoms with E-state index < -0.39 is 5.82 Å². The van der Waals surface area contributed by atoms with Crippen molar-refractivity contribution in [2.75, 3.05) is 31.1 Å². The first kappa shape index (κ1) is 25.8. The average Bonchev–Trinajstić information content (AvgIpc) is 3.78.